The lowest BCUT2D eigenvalue weighted by Gasteiger charge is -2.28. The minimum atomic E-state index is -2.25. The van der Waals surface area contributed by atoms with Crippen molar-refractivity contribution in [2.24, 2.45) is 0 Å². The van der Waals surface area contributed by atoms with Gasteiger partial charge in [0.15, 0.2) is 18.2 Å². The number of carbonyl (C=O) groups excluding carboxylic acids is 1. The smallest absolute Gasteiger partial charge is 0.338 e. The summed E-state index contributed by atoms with van der Waals surface area (Å²) in [6, 6.07) is 16.2. The van der Waals surface area contributed by atoms with Crippen molar-refractivity contribution >= 4 is 17.0 Å². The molecule has 0 aliphatic carbocycles. The Bertz CT molecular complexity index is 2300. The number of aromatic nitrogens is 4. The maximum atomic E-state index is 16.7. The fraction of sp³-hybridized carbons (Fsp3) is 0.211. The van der Waals surface area contributed by atoms with Gasteiger partial charge in [0, 0.05) is 35.4 Å². The Morgan fingerprint density at radius 2 is 1.38 bits per heavy atom. The number of esters is 1. The van der Waals surface area contributed by atoms with Crippen LogP contribution in [0.4, 0.5) is 22.0 Å². The highest BCUT2D eigenvalue weighted by molar-refractivity contribution is 5.96. The maximum absolute atomic E-state index is 16.7. The molecule has 0 bridgehead atoms. The van der Waals surface area contributed by atoms with E-state index in [0.717, 1.165) is 24.3 Å². The first kappa shape index (κ1) is 34.6. The average Bonchev–Trinajstić information content (AvgIpc) is 3.50. The summed E-state index contributed by atoms with van der Waals surface area (Å²) in [6.07, 6.45) is -3.94. The Morgan fingerprint density at radius 3 is 1.88 bits per heavy atom. The molecule has 1 saturated heterocycles. The molecule has 0 amide bonds. The monoisotopic (exact) mass is 716 g/mol. The lowest BCUT2D eigenvalue weighted by molar-refractivity contribution is -0.0592. The first-order valence-electron chi connectivity index (χ1n) is 16.2. The van der Waals surface area contributed by atoms with Crippen molar-refractivity contribution in [3.05, 3.63) is 124 Å². The van der Waals surface area contributed by atoms with Gasteiger partial charge in [0.25, 0.3) is 0 Å². The van der Waals surface area contributed by atoms with E-state index in [2.05, 4.69) is 15.0 Å². The number of alkyl halides is 2. The second-order valence-corrected chi connectivity index (χ2v) is 12.1. The largest absolute Gasteiger partial charge is 0.493 e. The fourth-order valence-electron chi connectivity index (χ4n) is 6.10. The van der Waals surface area contributed by atoms with Gasteiger partial charge >= 0.3 is 5.97 Å². The number of pyridine rings is 2. The van der Waals surface area contributed by atoms with Crippen LogP contribution in [0.3, 0.4) is 0 Å². The number of hydrogen-bond acceptors (Lipinski definition) is 8. The molecule has 3 atom stereocenters. The van der Waals surface area contributed by atoms with Crippen molar-refractivity contribution in [1.82, 2.24) is 19.5 Å². The summed E-state index contributed by atoms with van der Waals surface area (Å²) < 4.78 is 90.6. The molecule has 266 valence electrons. The SMILES string of the molecule is CCOC(=O)c1cc2c(nc(C(F)c3ccc(-c4nc(O)ccc4F)cc3)n2CC2CCO2)c(F)c1C(F)c1ccc(-c2nc(O)ccc2F)cc1. The van der Waals surface area contributed by atoms with Crippen molar-refractivity contribution < 1.29 is 46.4 Å². The highest BCUT2D eigenvalue weighted by atomic mass is 19.2. The summed E-state index contributed by atoms with van der Waals surface area (Å²) in [5.74, 6) is -4.71. The Labute approximate surface area is 293 Å². The standard InChI is InChI=1S/C38H29F5N4O5/c1-2-51-38(50)24-17-27-36(33(43)30(24)31(41)19-3-7-21(8-4-19)34-25(39)11-13-28(48)44-34)46-37(47(27)18-23-15-16-52-23)32(42)20-5-9-22(10-6-20)35-26(40)12-14-29(49)45-35/h3-14,17,23,31-32H,2,15-16,18H2,1H3,(H,44,48)(H,45,49). The predicted molar refractivity (Wildman–Crippen MR) is 178 cm³/mol. The predicted octanol–water partition coefficient (Wildman–Crippen LogP) is 8.07. The van der Waals surface area contributed by atoms with Gasteiger partial charge in [0.2, 0.25) is 11.8 Å². The topological polar surface area (TPSA) is 120 Å². The molecule has 3 aromatic heterocycles. The van der Waals surface area contributed by atoms with Gasteiger partial charge in [-0.25, -0.2) is 41.7 Å². The van der Waals surface area contributed by atoms with Gasteiger partial charge in [-0.1, -0.05) is 48.5 Å². The summed E-state index contributed by atoms with van der Waals surface area (Å²) in [5.41, 5.74) is -1.40. The first-order chi connectivity index (χ1) is 25.0. The molecule has 3 aromatic carbocycles. The Kier molecular flexibility index (Phi) is 9.32. The summed E-state index contributed by atoms with van der Waals surface area (Å²) in [5, 5.41) is 19.4. The number of rotatable bonds is 10. The van der Waals surface area contributed by atoms with Gasteiger partial charge < -0.3 is 24.3 Å². The van der Waals surface area contributed by atoms with E-state index >= 15 is 13.2 Å². The Hall–Kier alpha value is -5.89. The van der Waals surface area contributed by atoms with Crippen LogP contribution in [-0.4, -0.2) is 55.0 Å². The van der Waals surface area contributed by atoms with E-state index in [4.69, 9.17) is 9.47 Å². The van der Waals surface area contributed by atoms with E-state index < -0.39 is 64.2 Å². The van der Waals surface area contributed by atoms with Crippen LogP contribution < -0.4 is 0 Å². The van der Waals surface area contributed by atoms with Crippen molar-refractivity contribution in [2.45, 2.75) is 38.3 Å². The Balaban J connectivity index is 1.32. The Morgan fingerprint density at radius 1 is 0.846 bits per heavy atom. The van der Waals surface area contributed by atoms with Gasteiger partial charge in [0.1, 0.15) is 34.4 Å². The van der Waals surface area contributed by atoms with Crippen molar-refractivity contribution in [3.63, 3.8) is 0 Å². The van der Waals surface area contributed by atoms with E-state index in [1.807, 2.05) is 0 Å². The van der Waals surface area contributed by atoms with Crippen LogP contribution in [0.1, 0.15) is 58.6 Å². The van der Waals surface area contributed by atoms with Crippen LogP contribution in [-0.2, 0) is 16.0 Å². The third-order valence-electron chi connectivity index (χ3n) is 8.82. The third kappa shape index (κ3) is 6.41. The number of carbonyl (C=O) groups is 1. The minimum Gasteiger partial charge on any atom is -0.493 e. The number of fused-ring (bicyclic) bond motifs is 1. The second kappa shape index (κ2) is 14.0. The maximum Gasteiger partial charge on any atom is 0.338 e. The van der Waals surface area contributed by atoms with E-state index in [-0.39, 0.29) is 64.2 Å². The van der Waals surface area contributed by atoms with Crippen LogP contribution in [0.5, 0.6) is 11.8 Å². The summed E-state index contributed by atoms with van der Waals surface area (Å²) in [7, 11) is 0. The zero-order chi connectivity index (χ0) is 36.7. The molecule has 4 heterocycles. The molecule has 2 N–H and O–H groups in total. The molecular formula is C38H29F5N4O5. The van der Waals surface area contributed by atoms with Gasteiger partial charge in [-0.3, -0.25) is 0 Å². The number of imidazole rings is 1. The normalized spacial score (nSPS) is 15.3. The molecule has 0 spiro atoms. The quantitative estimate of drug-likeness (QED) is 0.108. The average molecular weight is 717 g/mol. The third-order valence-corrected chi connectivity index (χ3v) is 8.82. The molecular weight excluding hydrogens is 687 g/mol. The van der Waals surface area contributed by atoms with Gasteiger partial charge in [0.05, 0.1) is 30.3 Å². The van der Waals surface area contributed by atoms with Crippen LogP contribution in [0, 0.1) is 17.5 Å². The number of halogens is 5. The molecule has 1 aliphatic heterocycles. The number of ether oxygens (including phenoxy) is 2. The highest BCUT2D eigenvalue weighted by Gasteiger charge is 2.33. The van der Waals surface area contributed by atoms with Gasteiger partial charge in [-0.05, 0) is 42.7 Å². The minimum absolute atomic E-state index is 0.00749. The van der Waals surface area contributed by atoms with Crippen molar-refractivity contribution in [1.29, 1.82) is 0 Å². The van der Waals surface area contributed by atoms with Crippen LogP contribution in [0.2, 0.25) is 0 Å². The molecule has 7 rings (SSSR count). The summed E-state index contributed by atoms with van der Waals surface area (Å²) in [4.78, 5) is 25.2. The number of hydrogen-bond donors (Lipinski definition) is 2. The van der Waals surface area contributed by atoms with E-state index in [9.17, 15) is 23.8 Å². The van der Waals surface area contributed by atoms with Crippen LogP contribution in [0.25, 0.3) is 33.5 Å². The zero-order valence-electron chi connectivity index (χ0n) is 27.4. The molecule has 1 fully saturated rings. The number of aromatic hydroxyl groups is 2. The number of benzene rings is 3. The molecule has 14 heteroatoms. The second-order valence-electron chi connectivity index (χ2n) is 12.1. The summed E-state index contributed by atoms with van der Waals surface area (Å²) in [6.45, 7) is 1.95. The summed E-state index contributed by atoms with van der Waals surface area (Å²) >= 11 is 0. The van der Waals surface area contributed by atoms with Gasteiger partial charge in [-0.2, -0.15) is 0 Å². The molecule has 0 saturated carbocycles. The van der Waals surface area contributed by atoms with Crippen molar-refractivity contribution in [3.8, 4) is 34.3 Å². The molecule has 52 heavy (non-hydrogen) atoms. The lowest BCUT2D eigenvalue weighted by atomic mass is 9.95. The van der Waals surface area contributed by atoms with E-state index in [1.165, 1.54) is 66.1 Å². The molecule has 6 aromatic rings. The van der Waals surface area contributed by atoms with Gasteiger partial charge in [-0.15, -0.1) is 0 Å². The van der Waals surface area contributed by atoms with E-state index in [0.29, 0.717) is 13.0 Å². The molecule has 3 unspecified atom stereocenters. The van der Waals surface area contributed by atoms with E-state index in [1.54, 1.807) is 0 Å². The lowest BCUT2D eigenvalue weighted by Crippen LogP contribution is -2.32. The first-order valence-corrected chi connectivity index (χ1v) is 16.2. The molecule has 9 nitrogen and oxygen atoms in total. The zero-order valence-corrected chi connectivity index (χ0v) is 27.4. The van der Waals surface area contributed by atoms with Crippen LogP contribution in [0.15, 0.2) is 78.9 Å². The fourth-order valence-corrected chi connectivity index (χ4v) is 6.10. The van der Waals surface area contributed by atoms with Crippen molar-refractivity contribution in [2.75, 3.05) is 13.2 Å². The molecule has 1 aliphatic rings. The molecule has 0 radical (unpaired) electrons. The van der Waals surface area contributed by atoms with Crippen LogP contribution >= 0.6 is 0 Å². The number of nitrogens with zero attached hydrogens (tertiary/aromatic N) is 4. The highest BCUT2D eigenvalue weighted by Crippen LogP contribution is 2.39.